The van der Waals surface area contributed by atoms with Gasteiger partial charge in [-0.15, -0.1) is 0 Å². The van der Waals surface area contributed by atoms with Crippen molar-refractivity contribution in [3.8, 4) is 0 Å². The van der Waals surface area contributed by atoms with E-state index < -0.39 is 24.1 Å². The highest BCUT2D eigenvalue weighted by Gasteiger charge is 2.20. The Bertz CT molecular complexity index is 422. The molecule has 0 spiro atoms. The van der Waals surface area contributed by atoms with Gasteiger partial charge in [-0.3, -0.25) is 4.79 Å². The Morgan fingerprint density at radius 2 is 2.00 bits per heavy atom. The molecule has 0 aliphatic carbocycles. The lowest BCUT2D eigenvalue weighted by atomic mass is 10.1. The van der Waals surface area contributed by atoms with E-state index in [1.54, 1.807) is 6.92 Å². The fourth-order valence-electron chi connectivity index (χ4n) is 1.58. The minimum Gasteiger partial charge on any atom is -0.398 e. The van der Waals surface area contributed by atoms with Gasteiger partial charge >= 0.3 is 0 Å². The number of anilines is 1. The van der Waals surface area contributed by atoms with E-state index in [1.807, 2.05) is 0 Å². The maximum Gasteiger partial charge on any atom is 0.253 e. The number of nitrogens with two attached hydrogens (primary N) is 1. The highest BCUT2D eigenvalue weighted by molar-refractivity contribution is 5.99. The number of amides is 1. The smallest absolute Gasteiger partial charge is 0.253 e. The van der Waals surface area contributed by atoms with Crippen molar-refractivity contribution in [3.05, 3.63) is 29.6 Å². The lowest BCUT2D eigenvalue weighted by Crippen LogP contribution is -2.43. The molecule has 18 heavy (non-hydrogen) atoms. The third-order valence-corrected chi connectivity index (χ3v) is 2.49. The first kappa shape index (κ1) is 14.4. The highest BCUT2D eigenvalue weighted by Crippen LogP contribution is 2.13. The van der Waals surface area contributed by atoms with E-state index in [0.717, 1.165) is 6.07 Å². The summed E-state index contributed by atoms with van der Waals surface area (Å²) in [6, 6.07) is 3.24. The van der Waals surface area contributed by atoms with Crippen molar-refractivity contribution in [1.82, 2.24) is 5.32 Å². The molecule has 0 saturated heterocycles. The molecule has 6 heteroatoms. The van der Waals surface area contributed by atoms with E-state index in [-0.39, 0.29) is 11.3 Å². The predicted octanol–water partition coefficient (Wildman–Crippen LogP) is 1.15. The monoisotopic (exact) mass is 256 g/mol. The highest BCUT2D eigenvalue weighted by atomic mass is 19.1. The van der Waals surface area contributed by atoms with Crippen molar-refractivity contribution < 1.29 is 18.7 Å². The van der Waals surface area contributed by atoms with E-state index >= 15 is 0 Å². The summed E-state index contributed by atoms with van der Waals surface area (Å²) in [6.45, 7) is 1.71. The number of carbonyl (C=O) groups is 1. The Kier molecular flexibility index (Phi) is 5.06. The van der Waals surface area contributed by atoms with Crippen molar-refractivity contribution in [3.63, 3.8) is 0 Å². The number of nitrogen functional groups attached to an aromatic ring is 1. The van der Waals surface area contributed by atoms with Crippen LogP contribution in [0, 0.1) is 5.82 Å². The standard InChI is InChI=1S/C12H17FN2O3/c1-7(12(17-2)18-3)15-11(16)9-6-8(13)4-5-10(9)14/h4-7,12H,14H2,1-3H3,(H,15,16). The van der Waals surface area contributed by atoms with Crippen LogP contribution in [0.4, 0.5) is 10.1 Å². The van der Waals surface area contributed by atoms with Crippen molar-refractivity contribution in [1.29, 1.82) is 0 Å². The third kappa shape index (κ3) is 3.41. The molecule has 100 valence electrons. The predicted molar refractivity (Wildman–Crippen MR) is 65.5 cm³/mol. The number of nitrogens with one attached hydrogen (secondary N) is 1. The van der Waals surface area contributed by atoms with Crippen LogP contribution in [0.1, 0.15) is 17.3 Å². The average Bonchev–Trinajstić information content (AvgIpc) is 2.33. The van der Waals surface area contributed by atoms with Crippen LogP contribution in [0.25, 0.3) is 0 Å². The zero-order chi connectivity index (χ0) is 13.7. The molecule has 3 N–H and O–H groups in total. The Labute approximate surface area is 105 Å². The van der Waals surface area contributed by atoms with E-state index in [0.29, 0.717) is 0 Å². The Morgan fingerprint density at radius 3 is 2.56 bits per heavy atom. The Morgan fingerprint density at radius 1 is 1.39 bits per heavy atom. The van der Waals surface area contributed by atoms with Crippen molar-refractivity contribution in [2.45, 2.75) is 19.3 Å². The molecule has 0 aromatic heterocycles. The SMILES string of the molecule is COC(OC)C(C)NC(=O)c1cc(F)ccc1N. The molecule has 1 amide bonds. The van der Waals surface area contributed by atoms with Crippen molar-refractivity contribution in [2.75, 3.05) is 20.0 Å². The minimum absolute atomic E-state index is 0.0906. The number of ether oxygens (including phenoxy) is 2. The van der Waals surface area contributed by atoms with Gasteiger partial charge in [0.15, 0.2) is 6.29 Å². The molecule has 0 fully saturated rings. The second-order valence-electron chi connectivity index (χ2n) is 3.83. The molecular formula is C12H17FN2O3. The second kappa shape index (κ2) is 6.32. The summed E-state index contributed by atoms with van der Waals surface area (Å²) in [4.78, 5) is 11.9. The summed E-state index contributed by atoms with van der Waals surface area (Å²) in [5.41, 5.74) is 5.92. The lowest BCUT2D eigenvalue weighted by Gasteiger charge is -2.22. The zero-order valence-corrected chi connectivity index (χ0v) is 10.6. The van der Waals surface area contributed by atoms with Gasteiger partial charge in [-0.05, 0) is 25.1 Å². The molecule has 1 aromatic carbocycles. The van der Waals surface area contributed by atoms with Gasteiger partial charge in [-0.25, -0.2) is 4.39 Å². The fourth-order valence-corrected chi connectivity index (χ4v) is 1.58. The van der Waals surface area contributed by atoms with E-state index in [9.17, 15) is 9.18 Å². The Hall–Kier alpha value is -1.66. The van der Waals surface area contributed by atoms with Crippen LogP contribution >= 0.6 is 0 Å². The molecule has 0 aliphatic heterocycles. The van der Waals surface area contributed by atoms with Crippen LogP contribution in [0.2, 0.25) is 0 Å². The van der Waals surface area contributed by atoms with Crippen LogP contribution in [0.3, 0.4) is 0 Å². The number of hydrogen-bond donors (Lipinski definition) is 2. The van der Waals surface area contributed by atoms with Crippen LogP contribution in [0.5, 0.6) is 0 Å². The van der Waals surface area contributed by atoms with Gasteiger partial charge in [0.05, 0.1) is 11.6 Å². The molecule has 1 rings (SSSR count). The molecule has 0 heterocycles. The zero-order valence-electron chi connectivity index (χ0n) is 10.6. The summed E-state index contributed by atoms with van der Waals surface area (Å²) < 4.78 is 23.1. The first-order valence-electron chi connectivity index (χ1n) is 5.41. The average molecular weight is 256 g/mol. The van der Waals surface area contributed by atoms with Gasteiger partial charge < -0.3 is 20.5 Å². The summed E-state index contributed by atoms with van der Waals surface area (Å²) in [6.07, 6.45) is -0.580. The lowest BCUT2D eigenvalue weighted by molar-refractivity contribution is -0.117. The number of rotatable bonds is 5. The molecular weight excluding hydrogens is 239 g/mol. The molecule has 0 radical (unpaired) electrons. The summed E-state index contributed by atoms with van der Waals surface area (Å²) in [5.74, 6) is -0.990. The first-order valence-corrected chi connectivity index (χ1v) is 5.41. The van der Waals surface area contributed by atoms with Crippen molar-refractivity contribution >= 4 is 11.6 Å². The van der Waals surface area contributed by atoms with Crippen LogP contribution in [-0.2, 0) is 9.47 Å². The van der Waals surface area contributed by atoms with Crippen molar-refractivity contribution in [2.24, 2.45) is 0 Å². The number of halogens is 1. The molecule has 1 aromatic rings. The van der Waals surface area contributed by atoms with Gasteiger partial charge in [0, 0.05) is 19.9 Å². The Balaban J connectivity index is 2.79. The first-order chi connectivity index (χ1) is 8.49. The normalized spacial score (nSPS) is 12.5. The molecule has 1 unspecified atom stereocenters. The van der Waals surface area contributed by atoms with E-state index in [4.69, 9.17) is 15.2 Å². The largest absolute Gasteiger partial charge is 0.398 e. The van der Waals surface area contributed by atoms with Gasteiger partial charge in [-0.1, -0.05) is 0 Å². The number of methoxy groups -OCH3 is 2. The maximum atomic E-state index is 13.1. The fraction of sp³-hybridized carbons (Fsp3) is 0.417. The van der Waals surface area contributed by atoms with Gasteiger partial charge in [0.25, 0.3) is 5.91 Å². The van der Waals surface area contributed by atoms with Gasteiger partial charge in [-0.2, -0.15) is 0 Å². The number of hydrogen-bond acceptors (Lipinski definition) is 4. The summed E-state index contributed by atoms with van der Waals surface area (Å²) in [5, 5.41) is 2.63. The van der Waals surface area contributed by atoms with Crippen LogP contribution < -0.4 is 11.1 Å². The summed E-state index contributed by atoms with van der Waals surface area (Å²) in [7, 11) is 2.93. The van der Waals surface area contributed by atoms with Crippen LogP contribution in [0.15, 0.2) is 18.2 Å². The maximum absolute atomic E-state index is 13.1. The molecule has 0 saturated carbocycles. The minimum atomic E-state index is -0.580. The van der Waals surface area contributed by atoms with Gasteiger partial charge in [0.2, 0.25) is 0 Å². The summed E-state index contributed by atoms with van der Waals surface area (Å²) >= 11 is 0. The molecule has 0 bridgehead atoms. The van der Waals surface area contributed by atoms with E-state index in [1.165, 1.54) is 26.4 Å². The van der Waals surface area contributed by atoms with Gasteiger partial charge in [0.1, 0.15) is 5.82 Å². The third-order valence-electron chi connectivity index (χ3n) is 2.49. The molecule has 1 atom stereocenters. The number of carbonyl (C=O) groups excluding carboxylic acids is 1. The van der Waals surface area contributed by atoms with Crippen LogP contribution in [-0.4, -0.2) is 32.5 Å². The molecule has 0 aliphatic rings. The topological polar surface area (TPSA) is 73.6 Å². The quantitative estimate of drug-likeness (QED) is 0.612. The second-order valence-corrected chi connectivity index (χ2v) is 3.83. The molecule has 5 nitrogen and oxygen atoms in total. The number of benzene rings is 1. The van der Waals surface area contributed by atoms with E-state index in [2.05, 4.69) is 5.32 Å².